The van der Waals surface area contributed by atoms with Crippen molar-refractivity contribution in [2.45, 2.75) is 38.2 Å². The molecule has 1 aliphatic heterocycles. The van der Waals surface area contributed by atoms with Gasteiger partial charge in [0.2, 0.25) is 5.91 Å². The number of hydrogen-bond donors (Lipinski definition) is 1. The van der Waals surface area contributed by atoms with Gasteiger partial charge in [0.15, 0.2) is 5.82 Å². The molecule has 1 amide bonds. The zero-order valence-electron chi connectivity index (χ0n) is 13.9. The Morgan fingerprint density at radius 2 is 2.25 bits per heavy atom. The third-order valence-corrected chi connectivity index (χ3v) is 4.95. The molecule has 4 rings (SSSR count). The standard InChI is InChI=1S/C18H22N4O2/c1-12-19-17(21-20-12)16-11-22(9-10-24-16)18(23)15-8-4-6-13-5-2-3-7-14(13)15/h2-3,5,7,15-16H,4,6,8-11H2,1H3,(H,19,20,21)/t15-,16+/m0/s1. The molecule has 2 aliphatic rings. The number of rotatable bonds is 2. The van der Waals surface area contributed by atoms with E-state index < -0.39 is 0 Å². The molecule has 2 aromatic rings. The van der Waals surface area contributed by atoms with Crippen molar-refractivity contribution in [2.75, 3.05) is 19.7 Å². The van der Waals surface area contributed by atoms with E-state index in [1.54, 1.807) is 0 Å². The lowest BCUT2D eigenvalue weighted by Crippen LogP contribution is -2.45. The molecule has 0 bridgehead atoms. The second kappa shape index (κ2) is 6.36. The highest BCUT2D eigenvalue weighted by molar-refractivity contribution is 5.84. The van der Waals surface area contributed by atoms with Crippen LogP contribution in [-0.2, 0) is 16.0 Å². The maximum absolute atomic E-state index is 13.1. The van der Waals surface area contributed by atoms with E-state index in [0.29, 0.717) is 25.5 Å². The smallest absolute Gasteiger partial charge is 0.230 e. The van der Waals surface area contributed by atoms with E-state index in [0.717, 1.165) is 25.1 Å². The summed E-state index contributed by atoms with van der Waals surface area (Å²) in [5, 5.41) is 7.02. The Morgan fingerprint density at radius 3 is 3.08 bits per heavy atom. The number of H-pyrrole nitrogens is 1. The van der Waals surface area contributed by atoms with E-state index in [1.807, 2.05) is 17.9 Å². The number of carbonyl (C=O) groups is 1. The summed E-state index contributed by atoms with van der Waals surface area (Å²) in [7, 11) is 0. The minimum atomic E-state index is -0.244. The summed E-state index contributed by atoms with van der Waals surface area (Å²) in [6.07, 6.45) is 2.83. The molecular formula is C18H22N4O2. The fourth-order valence-corrected chi connectivity index (χ4v) is 3.74. The highest BCUT2D eigenvalue weighted by atomic mass is 16.5. The summed E-state index contributed by atoms with van der Waals surface area (Å²) in [6, 6.07) is 8.34. The van der Waals surface area contributed by atoms with Gasteiger partial charge in [0.05, 0.1) is 19.1 Å². The van der Waals surface area contributed by atoms with Crippen molar-refractivity contribution in [1.82, 2.24) is 20.1 Å². The van der Waals surface area contributed by atoms with Crippen LogP contribution in [0.3, 0.4) is 0 Å². The number of aromatic amines is 1. The molecule has 1 fully saturated rings. The first kappa shape index (κ1) is 15.3. The fraction of sp³-hybridized carbons (Fsp3) is 0.500. The van der Waals surface area contributed by atoms with Crippen LogP contribution in [-0.4, -0.2) is 45.7 Å². The maximum Gasteiger partial charge on any atom is 0.230 e. The Balaban J connectivity index is 1.52. The van der Waals surface area contributed by atoms with Crippen LogP contribution in [0.4, 0.5) is 0 Å². The lowest BCUT2D eigenvalue weighted by atomic mass is 9.82. The van der Waals surface area contributed by atoms with Crippen molar-refractivity contribution in [2.24, 2.45) is 0 Å². The quantitative estimate of drug-likeness (QED) is 0.918. The summed E-state index contributed by atoms with van der Waals surface area (Å²) >= 11 is 0. The van der Waals surface area contributed by atoms with Gasteiger partial charge >= 0.3 is 0 Å². The van der Waals surface area contributed by atoms with Crippen LogP contribution in [0, 0.1) is 6.92 Å². The zero-order chi connectivity index (χ0) is 16.5. The summed E-state index contributed by atoms with van der Waals surface area (Å²) in [5.41, 5.74) is 2.52. The number of nitrogens with one attached hydrogen (secondary N) is 1. The Hall–Kier alpha value is -2.21. The predicted octanol–water partition coefficient (Wildman–Crippen LogP) is 2.13. The van der Waals surface area contributed by atoms with Gasteiger partial charge in [-0.1, -0.05) is 24.3 Å². The number of hydrogen-bond acceptors (Lipinski definition) is 4. The van der Waals surface area contributed by atoms with Crippen molar-refractivity contribution < 1.29 is 9.53 Å². The van der Waals surface area contributed by atoms with E-state index in [9.17, 15) is 4.79 Å². The van der Waals surface area contributed by atoms with Gasteiger partial charge in [-0.05, 0) is 37.3 Å². The first-order valence-corrected chi connectivity index (χ1v) is 8.59. The molecule has 6 heteroatoms. The Morgan fingerprint density at radius 1 is 1.38 bits per heavy atom. The van der Waals surface area contributed by atoms with Crippen LogP contribution in [0.15, 0.2) is 24.3 Å². The zero-order valence-corrected chi connectivity index (χ0v) is 13.9. The van der Waals surface area contributed by atoms with Crippen LogP contribution in [0.1, 0.15) is 47.6 Å². The summed E-state index contributed by atoms with van der Waals surface area (Å²) in [5.74, 6) is 1.58. The van der Waals surface area contributed by atoms with Gasteiger partial charge in [-0.25, -0.2) is 4.98 Å². The van der Waals surface area contributed by atoms with Gasteiger partial charge in [0.25, 0.3) is 0 Å². The Bertz CT molecular complexity index is 742. The summed E-state index contributed by atoms with van der Waals surface area (Å²) in [6.45, 7) is 3.55. The number of ether oxygens (including phenoxy) is 1. The number of nitrogens with zero attached hydrogens (tertiary/aromatic N) is 3. The molecule has 0 saturated carbocycles. The van der Waals surface area contributed by atoms with Gasteiger partial charge in [-0.15, -0.1) is 0 Å². The number of carbonyl (C=O) groups excluding carboxylic acids is 1. The molecule has 0 spiro atoms. The first-order valence-electron chi connectivity index (χ1n) is 8.59. The van der Waals surface area contributed by atoms with Crippen LogP contribution < -0.4 is 0 Å². The van der Waals surface area contributed by atoms with Gasteiger partial charge in [0, 0.05) is 6.54 Å². The number of morpholine rings is 1. The van der Waals surface area contributed by atoms with Crippen LogP contribution in [0.5, 0.6) is 0 Å². The third kappa shape index (κ3) is 2.82. The number of aromatic nitrogens is 3. The van der Waals surface area contributed by atoms with Crippen molar-refractivity contribution in [3.63, 3.8) is 0 Å². The number of aryl methyl sites for hydroxylation is 2. The molecule has 0 radical (unpaired) electrons. The number of amides is 1. The van der Waals surface area contributed by atoms with Crippen molar-refractivity contribution >= 4 is 5.91 Å². The molecule has 126 valence electrons. The molecule has 1 aromatic carbocycles. The first-order chi connectivity index (χ1) is 11.7. The minimum Gasteiger partial charge on any atom is -0.366 e. The fourth-order valence-electron chi connectivity index (χ4n) is 3.74. The maximum atomic E-state index is 13.1. The van der Waals surface area contributed by atoms with Crippen molar-refractivity contribution in [3.8, 4) is 0 Å². The largest absolute Gasteiger partial charge is 0.366 e. The van der Waals surface area contributed by atoms with Gasteiger partial charge in [-0.2, -0.15) is 5.10 Å². The van der Waals surface area contributed by atoms with Gasteiger partial charge < -0.3 is 9.64 Å². The Kier molecular flexibility index (Phi) is 4.06. The molecule has 1 aliphatic carbocycles. The second-order valence-corrected chi connectivity index (χ2v) is 6.57. The number of fused-ring (bicyclic) bond motifs is 1. The second-order valence-electron chi connectivity index (χ2n) is 6.57. The van der Waals surface area contributed by atoms with Gasteiger partial charge in [-0.3, -0.25) is 9.89 Å². The van der Waals surface area contributed by atoms with E-state index in [4.69, 9.17) is 4.74 Å². The predicted molar refractivity (Wildman–Crippen MR) is 88.5 cm³/mol. The monoisotopic (exact) mass is 326 g/mol. The lowest BCUT2D eigenvalue weighted by Gasteiger charge is -2.35. The normalized spacial score (nSPS) is 23.8. The van der Waals surface area contributed by atoms with Crippen molar-refractivity contribution in [3.05, 3.63) is 47.0 Å². The average Bonchev–Trinajstić information content (AvgIpc) is 3.07. The lowest BCUT2D eigenvalue weighted by molar-refractivity contribution is -0.141. The highest BCUT2D eigenvalue weighted by Crippen LogP contribution is 2.34. The van der Waals surface area contributed by atoms with Gasteiger partial charge in [0.1, 0.15) is 11.9 Å². The van der Waals surface area contributed by atoms with E-state index in [2.05, 4.69) is 33.4 Å². The molecule has 1 saturated heterocycles. The molecule has 24 heavy (non-hydrogen) atoms. The molecule has 1 aromatic heterocycles. The summed E-state index contributed by atoms with van der Waals surface area (Å²) in [4.78, 5) is 19.4. The Labute approximate surface area is 141 Å². The average molecular weight is 326 g/mol. The molecule has 6 nitrogen and oxygen atoms in total. The van der Waals surface area contributed by atoms with E-state index in [1.165, 1.54) is 11.1 Å². The summed E-state index contributed by atoms with van der Waals surface area (Å²) < 4.78 is 5.78. The van der Waals surface area contributed by atoms with Crippen molar-refractivity contribution in [1.29, 1.82) is 0 Å². The topological polar surface area (TPSA) is 71.1 Å². The van der Waals surface area contributed by atoms with Crippen LogP contribution in [0.25, 0.3) is 0 Å². The molecule has 0 unspecified atom stereocenters. The molecular weight excluding hydrogens is 304 g/mol. The van der Waals surface area contributed by atoms with Crippen LogP contribution in [0.2, 0.25) is 0 Å². The molecule has 2 atom stereocenters. The van der Waals surface area contributed by atoms with E-state index >= 15 is 0 Å². The van der Waals surface area contributed by atoms with Crippen LogP contribution >= 0.6 is 0 Å². The SMILES string of the molecule is Cc1nc([C@H]2CN(C(=O)[C@H]3CCCc4ccccc43)CCO2)n[nH]1. The molecule has 2 heterocycles. The minimum absolute atomic E-state index is 0.0254. The molecule has 1 N–H and O–H groups in total. The van der Waals surface area contributed by atoms with E-state index in [-0.39, 0.29) is 17.9 Å². The highest BCUT2D eigenvalue weighted by Gasteiger charge is 2.34. The third-order valence-electron chi connectivity index (χ3n) is 4.95. The number of benzene rings is 1.